The summed E-state index contributed by atoms with van der Waals surface area (Å²) in [6.45, 7) is 0. The second kappa shape index (κ2) is 7.83. The van der Waals surface area contributed by atoms with Crippen molar-refractivity contribution >= 4 is 58.3 Å². The molecule has 4 unspecified atom stereocenters. The second-order valence-corrected chi connectivity index (χ2v) is 9.55. The second-order valence-electron chi connectivity index (χ2n) is 8.68. The smallest absolute Gasteiger partial charge is 0.240 e. The van der Waals surface area contributed by atoms with Crippen molar-refractivity contribution in [3.05, 3.63) is 100 Å². The molecular weight excluding hydrogens is 471 g/mol. The maximum atomic E-state index is 13.9. The standard InChI is InChI=1S/C27H18Cl2N2O3/c28-17-11-8-16(9-12-17)25(32)24-23-22(21-13-10-15-4-1-2-7-20(15)31(21)24)26(33)30(27(23)34)19-6-3-5-18(29)14-19/h1-14,21-24H. The Balaban J connectivity index is 1.50. The Kier molecular flexibility index (Phi) is 4.87. The van der Waals surface area contributed by atoms with Crippen LogP contribution in [0, 0.1) is 11.8 Å². The summed E-state index contributed by atoms with van der Waals surface area (Å²) in [5.41, 5.74) is 2.65. The Bertz CT molecular complexity index is 1380. The van der Waals surface area contributed by atoms with E-state index in [2.05, 4.69) is 0 Å². The number of rotatable bonds is 3. The van der Waals surface area contributed by atoms with Gasteiger partial charge in [0, 0.05) is 21.3 Å². The van der Waals surface area contributed by atoms with Crippen molar-refractivity contribution < 1.29 is 14.4 Å². The van der Waals surface area contributed by atoms with Crippen LogP contribution in [0.2, 0.25) is 10.0 Å². The summed E-state index contributed by atoms with van der Waals surface area (Å²) in [6, 6.07) is 19.8. The predicted octanol–water partition coefficient (Wildman–Crippen LogP) is 5.27. The van der Waals surface area contributed by atoms with Gasteiger partial charge in [-0.1, -0.05) is 59.6 Å². The highest BCUT2D eigenvalue weighted by Gasteiger charge is 2.64. The summed E-state index contributed by atoms with van der Waals surface area (Å²) in [4.78, 5) is 44.5. The fraction of sp³-hybridized carbons (Fsp3) is 0.148. The molecule has 3 aliphatic rings. The first-order valence-corrected chi connectivity index (χ1v) is 11.7. The van der Waals surface area contributed by atoms with Crippen LogP contribution >= 0.6 is 23.2 Å². The van der Waals surface area contributed by atoms with Gasteiger partial charge >= 0.3 is 0 Å². The summed E-state index contributed by atoms with van der Waals surface area (Å²) in [7, 11) is 0. The highest BCUT2D eigenvalue weighted by molar-refractivity contribution is 6.32. The molecule has 34 heavy (non-hydrogen) atoms. The van der Waals surface area contributed by atoms with Gasteiger partial charge in [-0.25, -0.2) is 4.90 Å². The van der Waals surface area contributed by atoms with Crippen molar-refractivity contribution in [2.24, 2.45) is 11.8 Å². The lowest BCUT2D eigenvalue weighted by Crippen LogP contribution is -2.48. The molecule has 3 aromatic carbocycles. The normalized spacial score (nSPS) is 24.8. The van der Waals surface area contributed by atoms with Crippen molar-refractivity contribution in [3.8, 4) is 0 Å². The highest BCUT2D eigenvalue weighted by atomic mass is 35.5. The van der Waals surface area contributed by atoms with Crippen molar-refractivity contribution in [2.75, 3.05) is 9.80 Å². The number of imide groups is 1. The van der Waals surface area contributed by atoms with E-state index in [9.17, 15) is 14.4 Å². The van der Waals surface area contributed by atoms with E-state index in [1.807, 2.05) is 41.3 Å². The molecule has 3 aromatic rings. The van der Waals surface area contributed by atoms with Gasteiger partial charge in [-0.3, -0.25) is 14.4 Å². The Morgan fingerprint density at radius 1 is 0.794 bits per heavy atom. The van der Waals surface area contributed by atoms with E-state index in [0.29, 0.717) is 21.3 Å². The van der Waals surface area contributed by atoms with Crippen LogP contribution in [0.4, 0.5) is 11.4 Å². The lowest BCUT2D eigenvalue weighted by Gasteiger charge is -2.36. The number of halogens is 2. The van der Waals surface area contributed by atoms with Gasteiger partial charge in [-0.15, -0.1) is 0 Å². The Morgan fingerprint density at radius 3 is 2.29 bits per heavy atom. The van der Waals surface area contributed by atoms with Crippen LogP contribution in [0.15, 0.2) is 78.9 Å². The monoisotopic (exact) mass is 488 g/mol. The number of fused-ring (bicyclic) bond motifs is 5. The molecule has 0 saturated carbocycles. The molecule has 0 N–H and O–H groups in total. The minimum Gasteiger partial charge on any atom is -0.352 e. The molecule has 4 atom stereocenters. The maximum Gasteiger partial charge on any atom is 0.240 e. The van der Waals surface area contributed by atoms with Crippen LogP contribution in [0.1, 0.15) is 15.9 Å². The van der Waals surface area contributed by atoms with Crippen LogP contribution in [0.25, 0.3) is 6.08 Å². The lowest BCUT2D eigenvalue weighted by atomic mass is 9.86. The molecule has 0 bridgehead atoms. The first kappa shape index (κ1) is 21.1. The number of hydrogen-bond acceptors (Lipinski definition) is 4. The fourth-order valence-electron chi connectivity index (χ4n) is 5.47. The van der Waals surface area contributed by atoms with E-state index in [1.165, 1.54) is 4.90 Å². The molecule has 7 heteroatoms. The van der Waals surface area contributed by atoms with Crippen molar-refractivity contribution in [2.45, 2.75) is 12.1 Å². The van der Waals surface area contributed by atoms with E-state index >= 15 is 0 Å². The summed E-state index contributed by atoms with van der Waals surface area (Å²) < 4.78 is 0. The molecule has 2 saturated heterocycles. The molecule has 168 valence electrons. The molecule has 3 aliphatic heterocycles. The molecule has 0 aromatic heterocycles. The van der Waals surface area contributed by atoms with Gasteiger partial charge in [0.05, 0.1) is 23.6 Å². The number of anilines is 2. The maximum absolute atomic E-state index is 13.9. The van der Waals surface area contributed by atoms with Gasteiger partial charge in [0.25, 0.3) is 0 Å². The van der Waals surface area contributed by atoms with Crippen LogP contribution in [0.3, 0.4) is 0 Å². The Hall–Kier alpha value is -3.41. The number of Topliss-reactive ketones (excluding diaryl/α,β-unsaturated/α-hetero) is 1. The molecule has 0 spiro atoms. The molecule has 0 aliphatic carbocycles. The average molecular weight is 489 g/mol. The van der Waals surface area contributed by atoms with Crippen LogP contribution in [-0.2, 0) is 9.59 Å². The Morgan fingerprint density at radius 2 is 1.53 bits per heavy atom. The van der Waals surface area contributed by atoms with Gasteiger partial charge < -0.3 is 4.90 Å². The summed E-state index contributed by atoms with van der Waals surface area (Å²) in [5, 5.41) is 0.946. The third-order valence-electron chi connectivity index (χ3n) is 6.88. The molecule has 2 fully saturated rings. The van der Waals surface area contributed by atoms with Gasteiger partial charge in [-0.05, 0) is 54.1 Å². The number of nitrogens with zero attached hydrogens (tertiary/aromatic N) is 2. The van der Waals surface area contributed by atoms with E-state index < -0.39 is 23.9 Å². The van der Waals surface area contributed by atoms with E-state index in [4.69, 9.17) is 23.2 Å². The summed E-state index contributed by atoms with van der Waals surface area (Å²) in [5.74, 6) is -2.42. The van der Waals surface area contributed by atoms with Crippen LogP contribution in [-0.4, -0.2) is 29.7 Å². The lowest BCUT2D eigenvalue weighted by molar-refractivity contribution is -0.122. The van der Waals surface area contributed by atoms with Gasteiger partial charge in [0.1, 0.15) is 6.04 Å². The van der Waals surface area contributed by atoms with E-state index in [-0.39, 0.29) is 17.6 Å². The zero-order chi connectivity index (χ0) is 23.6. The number of amides is 2. The number of para-hydroxylation sites is 1. The van der Waals surface area contributed by atoms with Crippen molar-refractivity contribution in [1.82, 2.24) is 0 Å². The zero-order valence-corrected chi connectivity index (χ0v) is 19.3. The quantitative estimate of drug-likeness (QED) is 0.372. The molecular formula is C27H18Cl2N2O3. The van der Waals surface area contributed by atoms with Gasteiger partial charge in [-0.2, -0.15) is 0 Å². The van der Waals surface area contributed by atoms with Gasteiger partial charge in [0.15, 0.2) is 5.78 Å². The topological polar surface area (TPSA) is 57.7 Å². The number of hydrogen-bond donors (Lipinski definition) is 0. The zero-order valence-electron chi connectivity index (χ0n) is 17.8. The largest absolute Gasteiger partial charge is 0.352 e. The first-order chi connectivity index (χ1) is 16.5. The minimum atomic E-state index is -0.831. The summed E-state index contributed by atoms with van der Waals surface area (Å²) in [6.07, 6.45) is 3.89. The van der Waals surface area contributed by atoms with Crippen LogP contribution in [0.5, 0.6) is 0 Å². The molecule has 5 nitrogen and oxygen atoms in total. The van der Waals surface area contributed by atoms with Crippen LogP contribution < -0.4 is 9.80 Å². The number of ketones is 1. The summed E-state index contributed by atoms with van der Waals surface area (Å²) >= 11 is 12.2. The SMILES string of the molecule is O=C(c1ccc(Cl)cc1)C1C2C(=O)N(c3cccc(Cl)c3)C(=O)C2C2C=Cc3ccccc3N21. The van der Waals surface area contributed by atoms with Gasteiger partial charge in [0.2, 0.25) is 11.8 Å². The number of carbonyl (C=O) groups excluding carboxylic acids is 3. The molecule has 3 heterocycles. The fourth-order valence-corrected chi connectivity index (χ4v) is 5.78. The van der Waals surface area contributed by atoms with E-state index in [1.54, 1.807) is 48.5 Å². The third kappa shape index (κ3) is 3.04. The minimum absolute atomic E-state index is 0.214. The highest BCUT2D eigenvalue weighted by Crippen LogP contribution is 2.49. The first-order valence-electron chi connectivity index (χ1n) is 10.9. The number of benzene rings is 3. The Labute approximate surface area is 206 Å². The third-order valence-corrected chi connectivity index (χ3v) is 7.37. The molecule has 0 radical (unpaired) electrons. The molecule has 6 rings (SSSR count). The van der Waals surface area contributed by atoms with Crippen molar-refractivity contribution in [1.29, 1.82) is 0 Å². The van der Waals surface area contributed by atoms with E-state index in [0.717, 1.165) is 11.3 Å². The predicted molar refractivity (Wildman–Crippen MR) is 132 cm³/mol. The molecule has 2 amide bonds. The average Bonchev–Trinajstić information content (AvgIpc) is 3.32. The van der Waals surface area contributed by atoms with Crippen molar-refractivity contribution in [3.63, 3.8) is 0 Å². The number of carbonyl (C=O) groups is 3.